The Morgan fingerprint density at radius 3 is 2.89 bits per heavy atom. The molecule has 0 N–H and O–H groups in total. The summed E-state index contributed by atoms with van der Waals surface area (Å²) in [6.07, 6.45) is 0. The molecule has 0 unspecified atom stereocenters. The van der Waals surface area contributed by atoms with Gasteiger partial charge in [-0.05, 0) is 34.1 Å². The van der Waals surface area contributed by atoms with Gasteiger partial charge < -0.3 is 4.42 Å². The highest BCUT2D eigenvalue weighted by atomic mass is 79.9. The minimum Gasteiger partial charge on any atom is -0.441 e. The lowest BCUT2D eigenvalue weighted by Crippen LogP contribution is -1.94. The van der Waals surface area contributed by atoms with Crippen LogP contribution in [0.3, 0.4) is 0 Å². The molecule has 0 amide bonds. The van der Waals surface area contributed by atoms with Gasteiger partial charge in [0.1, 0.15) is 11.6 Å². The maximum absolute atomic E-state index is 9.00. The average Bonchev–Trinajstić information content (AvgIpc) is 2.87. The van der Waals surface area contributed by atoms with E-state index >= 15 is 0 Å². The number of nitriles is 1. The molecule has 1 aromatic carbocycles. The number of hydrogen-bond donors (Lipinski definition) is 0. The van der Waals surface area contributed by atoms with Crippen LogP contribution in [0.5, 0.6) is 0 Å². The van der Waals surface area contributed by atoms with Crippen LogP contribution < -0.4 is 0 Å². The summed E-state index contributed by atoms with van der Waals surface area (Å²) in [6, 6.07) is 7.78. The summed E-state index contributed by atoms with van der Waals surface area (Å²) in [5, 5.41) is 13.2. The second-order valence-electron chi connectivity index (χ2n) is 4.16. The van der Waals surface area contributed by atoms with Crippen molar-refractivity contribution in [3.8, 4) is 17.3 Å². The van der Waals surface area contributed by atoms with Crippen molar-refractivity contribution in [2.75, 3.05) is 0 Å². The average molecular weight is 317 g/mol. The number of nitrogens with zero attached hydrogens (tertiary/aromatic N) is 4. The van der Waals surface area contributed by atoms with Gasteiger partial charge in [0.2, 0.25) is 0 Å². The van der Waals surface area contributed by atoms with Crippen LogP contribution in [0, 0.1) is 18.3 Å². The number of benzene rings is 1. The van der Waals surface area contributed by atoms with Crippen LogP contribution in [0.4, 0.5) is 0 Å². The number of aryl methyl sites for hydroxylation is 2. The zero-order chi connectivity index (χ0) is 13.6. The van der Waals surface area contributed by atoms with E-state index in [4.69, 9.17) is 9.68 Å². The topological polar surface area (TPSA) is 67.6 Å². The molecule has 0 saturated heterocycles. The lowest BCUT2D eigenvalue weighted by molar-refractivity contribution is 0.561. The summed E-state index contributed by atoms with van der Waals surface area (Å²) in [5.41, 5.74) is 3.69. The second-order valence-corrected chi connectivity index (χ2v) is 4.95. The van der Waals surface area contributed by atoms with Gasteiger partial charge in [0.15, 0.2) is 17.2 Å². The van der Waals surface area contributed by atoms with Crippen molar-refractivity contribution in [3.05, 3.63) is 34.3 Å². The highest BCUT2D eigenvalue weighted by molar-refractivity contribution is 9.10. The molecule has 0 aliphatic heterocycles. The maximum Gasteiger partial charge on any atom is 0.192 e. The first-order valence-electron chi connectivity index (χ1n) is 5.60. The number of aromatic nitrogens is 3. The van der Waals surface area contributed by atoms with Gasteiger partial charge in [-0.25, -0.2) is 4.98 Å². The third kappa shape index (κ3) is 1.83. The van der Waals surface area contributed by atoms with E-state index in [-0.39, 0.29) is 0 Å². The molecule has 0 saturated carbocycles. The largest absolute Gasteiger partial charge is 0.441 e. The molecule has 5 nitrogen and oxygen atoms in total. The fourth-order valence-corrected chi connectivity index (χ4v) is 2.73. The van der Waals surface area contributed by atoms with Crippen LogP contribution >= 0.6 is 15.9 Å². The summed E-state index contributed by atoms with van der Waals surface area (Å²) < 4.78 is 7.82. The normalized spacial score (nSPS) is 10.8. The Hall–Kier alpha value is -2.13. The maximum atomic E-state index is 9.00. The first-order valence-corrected chi connectivity index (χ1v) is 6.39. The van der Waals surface area contributed by atoms with Crippen molar-refractivity contribution >= 4 is 27.0 Å². The Kier molecular flexibility index (Phi) is 2.64. The van der Waals surface area contributed by atoms with Gasteiger partial charge in [-0.2, -0.15) is 10.4 Å². The molecule has 6 heteroatoms. The van der Waals surface area contributed by atoms with Crippen LogP contribution in [0.2, 0.25) is 0 Å². The Balaban J connectivity index is 2.24. The van der Waals surface area contributed by atoms with Gasteiger partial charge >= 0.3 is 0 Å². The predicted molar refractivity (Wildman–Crippen MR) is 73.4 cm³/mol. The molecule has 0 aliphatic rings. The molecule has 0 spiro atoms. The van der Waals surface area contributed by atoms with Crippen LogP contribution in [-0.2, 0) is 7.05 Å². The van der Waals surface area contributed by atoms with E-state index in [1.54, 1.807) is 11.7 Å². The standard InChI is InChI=1S/C13H9BrN4O/c1-7-16-9-5-8(3-4-11(9)19-7)13-12(14)10(6-15)17-18(13)2/h3-5H,1-2H3. The van der Waals surface area contributed by atoms with Gasteiger partial charge in [0.25, 0.3) is 0 Å². The van der Waals surface area contributed by atoms with Gasteiger partial charge in [-0.15, -0.1) is 0 Å². The fourth-order valence-electron chi connectivity index (χ4n) is 2.07. The van der Waals surface area contributed by atoms with Crippen molar-refractivity contribution in [2.45, 2.75) is 6.92 Å². The van der Waals surface area contributed by atoms with Crippen molar-refractivity contribution in [3.63, 3.8) is 0 Å². The minimum absolute atomic E-state index is 0.369. The molecule has 0 aliphatic carbocycles. The number of halogens is 1. The number of hydrogen-bond acceptors (Lipinski definition) is 4. The van der Waals surface area contributed by atoms with Gasteiger partial charge in [-0.3, -0.25) is 4.68 Å². The van der Waals surface area contributed by atoms with E-state index < -0.39 is 0 Å². The SMILES string of the molecule is Cc1nc2cc(-c3c(Br)c(C#N)nn3C)ccc2o1. The number of oxazole rings is 1. The second kappa shape index (κ2) is 4.21. The zero-order valence-electron chi connectivity index (χ0n) is 10.3. The molecule has 3 rings (SSSR count). The van der Waals surface area contributed by atoms with Crippen LogP contribution in [-0.4, -0.2) is 14.8 Å². The molecule has 19 heavy (non-hydrogen) atoms. The predicted octanol–water partition coefficient (Wildman–Crippen LogP) is 3.17. The van der Waals surface area contributed by atoms with Crippen molar-refractivity contribution in [2.24, 2.45) is 7.05 Å². The Bertz CT molecular complexity index is 825. The van der Waals surface area contributed by atoms with E-state index in [0.29, 0.717) is 16.1 Å². The molecule has 0 atom stereocenters. The van der Waals surface area contributed by atoms with E-state index in [1.807, 2.05) is 25.1 Å². The summed E-state index contributed by atoms with van der Waals surface area (Å²) in [4.78, 5) is 4.31. The number of rotatable bonds is 1. The summed E-state index contributed by atoms with van der Waals surface area (Å²) in [5.74, 6) is 0.633. The lowest BCUT2D eigenvalue weighted by atomic mass is 10.1. The van der Waals surface area contributed by atoms with E-state index in [9.17, 15) is 0 Å². The van der Waals surface area contributed by atoms with E-state index in [2.05, 4.69) is 32.1 Å². The Morgan fingerprint density at radius 1 is 1.42 bits per heavy atom. The summed E-state index contributed by atoms with van der Waals surface area (Å²) in [6.45, 7) is 1.81. The zero-order valence-corrected chi connectivity index (χ0v) is 11.9. The quantitative estimate of drug-likeness (QED) is 0.691. The molecule has 0 radical (unpaired) electrons. The fraction of sp³-hybridized carbons (Fsp3) is 0.154. The minimum atomic E-state index is 0.369. The molecule has 94 valence electrons. The van der Waals surface area contributed by atoms with Gasteiger partial charge in [0, 0.05) is 19.5 Å². The van der Waals surface area contributed by atoms with Crippen molar-refractivity contribution in [1.82, 2.24) is 14.8 Å². The molecule has 2 aromatic heterocycles. The molecular weight excluding hydrogens is 308 g/mol. The number of fused-ring (bicyclic) bond motifs is 1. The van der Waals surface area contributed by atoms with Crippen LogP contribution in [0.1, 0.15) is 11.6 Å². The van der Waals surface area contributed by atoms with Crippen LogP contribution in [0.15, 0.2) is 27.1 Å². The van der Waals surface area contributed by atoms with Crippen LogP contribution in [0.25, 0.3) is 22.4 Å². The van der Waals surface area contributed by atoms with E-state index in [0.717, 1.165) is 22.4 Å². The third-order valence-electron chi connectivity index (χ3n) is 2.86. The molecule has 2 heterocycles. The monoisotopic (exact) mass is 316 g/mol. The van der Waals surface area contributed by atoms with Crippen molar-refractivity contribution < 1.29 is 4.42 Å². The summed E-state index contributed by atoms with van der Waals surface area (Å²) >= 11 is 3.42. The smallest absolute Gasteiger partial charge is 0.192 e. The molecule has 0 bridgehead atoms. The van der Waals surface area contributed by atoms with Gasteiger partial charge in [-0.1, -0.05) is 0 Å². The summed E-state index contributed by atoms with van der Waals surface area (Å²) in [7, 11) is 1.80. The molecular formula is C13H9BrN4O. The first kappa shape index (κ1) is 11.9. The molecule has 0 fully saturated rings. The Labute approximate surface area is 117 Å². The molecule has 3 aromatic rings. The highest BCUT2D eigenvalue weighted by Gasteiger charge is 2.16. The first-order chi connectivity index (χ1) is 9.10. The Morgan fingerprint density at radius 2 is 2.21 bits per heavy atom. The van der Waals surface area contributed by atoms with Gasteiger partial charge in [0.05, 0.1) is 10.2 Å². The van der Waals surface area contributed by atoms with Crippen molar-refractivity contribution in [1.29, 1.82) is 5.26 Å². The lowest BCUT2D eigenvalue weighted by Gasteiger charge is -2.02. The van der Waals surface area contributed by atoms with E-state index in [1.165, 1.54) is 0 Å². The third-order valence-corrected chi connectivity index (χ3v) is 3.61. The highest BCUT2D eigenvalue weighted by Crippen LogP contribution is 2.32.